The zero-order valence-electron chi connectivity index (χ0n) is 5.01. The van der Waals surface area contributed by atoms with Gasteiger partial charge >= 0.3 is 0 Å². The van der Waals surface area contributed by atoms with Crippen LogP contribution in [0.3, 0.4) is 0 Å². The van der Waals surface area contributed by atoms with Gasteiger partial charge in [-0.3, -0.25) is 4.90 Å². The maximum absolute atomic E-state index is 5.75. The van der Waals surface area contributed by atoms with E-state index < -0.39 is 0 Å². The highest BCUT2D eigenvalue weighted by Crippen LogP contribution is 2.30. The minimum atomic E-state index is 0.434. The molecule has 3 aliphatic heterocycles. The van der Waals surface area contributed by atoms with Crippen molar-refractivity contribution in [3.8, 4) is 0 Å². The molecule has 2 N–H and O–H groups in total. The molecule has 0 aromatic carbocycles. The van der Waals surface area contributed by atoms with Gasteiger partial charge in [-0.1, -0.05) is 0 Å². The Hall–Kier alpha value is -0.0800. The van der Waals surface area contributed by atoms with Gasteiger partial charge in [0.25, 0.3) is 0 Å². The van der Waals surface area contributed by atoms with Gasteiger partial charge in [0.15, 0.2) is 0 Å². The average Bonchev–Trinajstić information content (AvgIpc) is 1.89. The summed E-state index contributed by atoms with van der Waals surface area (Å²) >= 11 is 0. The maximum atomic E-state index is 5.75. The van der Waals surface area contributed by atoms with Crippen LogP contribution >= 0.6 is 0 Å². The standard InChI is InChI=1S/C6H12N2/c7-6-5-2-1-3-8(6)4-5/h5-6H,1-4,7H2. The van der Waals surface area contributed by atoms with Crippen molar-refractivity contribution >= 4 is 0 Å². The Balaban J connectivity index is 2.03. The molecule has 0 radical (unpaired) electrons. The number of hydrogen-bond donors (Lipinski definition) is 1. The molecule has 0 aromatic rings. The highest BCUT2D eigenvalue weighted by molar-refractivity contribution is 4.91. The lowest BCUT2D eigenvalue weighted by Gasteiger charge is -2.50. The summed E-state index contributed by atoms with van der Waals surface area (Å²) in [5.74, 6) is 0.851. The van der Waals surface area contributed by atoms with Crippen molar-refractivity contribution in [2.75, 3.05) is 13.1 Å². The number of fused-ring (bicyclic) bond motifs is 2. The summed E-state index contributed by atoms with van der Waals surface area (Å²) in [6.45, 7) is 2.53. The van der Waals surface area contributed by atoms with Crippen molar-refractivity contribution in [1.82, 2.24) is 4.90 Å². The second-order valence-corrected chi connectivity index (χ2v) is 2.89. The van der Waals surface area contributed by atoms with E-state index in [9.17, 15) is 0 Å². The number of nitrogens with two attached hydrogens (primary N) is 1. The van der Waals surface area contributed by atoms with Crippen molar-refractivity contribution in [3.05, 3.63) is 0 Å². The quantitative estimate of drug-likeness (QED) is 0.478. The first kappa shape index (κ1) is 4.77. The zero-order chi connectivity index (χ0) is 5.56. The molecule has 0 aromatic heterocycles. The van der Waals surface area contributed by atoms with E-state index >= 15 is 0 Å². The summed E-state index contributed by atoms with van der Waals surface area (Å²) < 4.78 is 0. The monoisotopic (exact) mass is 112 g/mol. The van der Waals surface area contributed by atoms with Gasteiger partial charge in [-0.15, -0.1) is 0 Å². The van der Waals surface area contributed by atoms with Gasteiger partial charge in [0.1, 0.15) is 0 Å². The van der Waals surface area contributed by atoms with E-state index in [-0.39, 0.29) is 0 Å². The molecule has 2 nitrogen and oxygen atoms in total. The van der Waals surface area contributed by atoms with Crippen LogP contribution in [0.4, 0.5) is 0 Å². The van der Waals surface area contributed by atoms with Gasteiger partial charge in [0.05, 0.1) is 6.17 Å². The van der Waals surface area contributed by atoms with Gasteiger partial charge in [0.2, 0.25) is 0 Å². The molecule has 2 bridgehead atoms. The highest BCUT2D eigenvalue weighted by Gasteiger charge is 2.38. The molecule has 0 amide bonds. The van der Waals surface area contributed by atoms with Crippen LogP contribution in [-0.2, 0) is 0 Å². The first-order chi connectivity index (χ1) is 3.88. The molecule has 8 heavy (non-hydrogen) atoms. The topological polar surface area (TPSA) is 29.3 Å². The predicted molar refractivity (Wildman–Crippen MR) is 32.3 cm³/mol. The lowest BCUT2D eigenvalue weighted by atomic mass is 9.86. The number of hydrogen-bond acceptors (Lipinski definition) is 2. The Morgan fingerprint density at radius 3 is 2.62 bits per heavy atom. The third-order valence-electron chi connectivity index (χ3n) is 2.39. The van der Waals surface area contributed by atoms with Crippen LogP contribution < -0.4 is 5.73 Å². The summed E-state index contributed by atoms with van der Waals surface area (Å²) in [6.07, 6.45) is 3.18. The van der Waals surface area contributed by atoms with E-state index in [1.807, 2.05) is 0 Å². The molecule has 3 heterocycles. The van der Waals surface area contributed by atoms with Crippen molar-refractivity contribution in [2.45, 2.75) is 19.0 Å². The van der Waals surface area contributed by atoms with Crippen molar-refractivity contribution in [3.63, 3.8) is 0 Å². The SMILES string of the molecule is NC1C2CCCN1C2. The molecule has 46 valence electrons. The van der Waals surface area contributed by atoms with Crippen LogP contribution in [0, 0.1) is 5.92 Å². The molecule has 3 unspecified atom stereocenters. The molecule has 3 saturated heterocycles. The van der Waals surface area contributed by atoms with Crippen molar-refractivity contribution < 1.29 is 0 Å². The summed E-state index contributed by atoms with van der Waals surface area (Å²) in [5, 5.41) is 0. The molecule has 3 rings (SSSR count). The fourth-order valence-corrected chi connectivity index (χ4v) is 1.75. The van der Waals surface area contributed by atoms with Gasteiger partial charge in [-0.05, 0) is 19.4 Å². The summed E-state index contributed by atoms with van der Waals surface area (Å²) in [7, 11) is 0. The maximum Gasteiger partial charge on any atom is 0.0613 e. The first-order valence-corrected chi connectivity index (χ1v) is 3.37. The van der Waals surface area contributed by atoms with Crippen LogP contribution in [0.1, 0.15) is 12.8 Å². The predicted octanol–water partition coefficient (Wildman–Crippen LogP) is -0.00320. The fraction of sp³-hybridized carbons (Fsp3) is 1.00. The second-order valence-electron chi connectivity index (χ2n) is 2.89. The van der Waals surface area contributed by atoms with Gasteiger partial charge in [0, 0.05) is 12.5 Å². The Bertz CT molecular complexity index is 88.7. The third-order valence-corrected chi connectivity index (χ3v) is 2.39. The molecular formula is C6H12N2. The molecule has 0 aliphatic carbocycles. The lowest BCUT2D eigenvalue weighted by molar-refractivity contribution is -0.0244. The highest BCUT2D eigenvalue weighted by atomic mass is 15.3. The van der Waals surface area contributed by atoms with Gasteiger partial charge in [-0.2, -0.15) is 0 Å². The second kappa shape index (κ2) is 1.45. The molecule has 3 atom stereocenters. The van der Waals surface area contributed by atoms with Gasteiger partial charge < -0.3 is 5.73 Å². The average molecular weight is 112 g/mol. The van der Waals surface area contributed by atoms with Crippen LogP contribution in [0.5, 0.6) is 0 Å². The third kappa shape index (κ3) is 0.446. The van der Waals surface area contributed by atoms with Crippen LogP contribution in [-0.4, -0.2) is 24.2 Å². The van der Waals surface area contributed by atoms with E-state index in [4.69, 9.17) is 5.73 Å². The van der Waals surface area contributed by atoms with E-state index in [1.54, 1.807) is 0 Å². The summed E-state index contributed by atoms with van der Waals surface area (Å²) in [4.78, 5) is 2.36. The lowest BCUT2D eigenvalue weighted by Crippen LogP contribution is -2.63. The number of piperidine rings is 2. The first-order valence-electron chi connectivity index (χ1n) is 3.37. The Kier molecular flexibility index (Phi) is 0.866. The molecule has 0 saturated carbocycles. The Labute approximate surface area is 49.7 Å². The largest absolute Gasteiger partial charge is 0.315 e. The zero-order valence-corrected chi connectivity index (χ0v) is 5.01. The van der Waals surface area contributed by atoms with Crippen molar-refractivity contribution in [1.29, 1.82) is 0 Å². The minimum absolute atomic E-state index is 0.434. The summed E-state index contributed by atoms with van der Waals surface area (Å²) in [5.41, 5.74) is 5.75. The van der Waals surface area contributed by atoms with E-state index in [0.717, 1.165) is 5.92 Å². The Morgan fingerprint density at radius 2 is 2.38 bits per heavy atom. The minimum Gasteiger partial charge on any atom is -0.315 e. The number of nitrogens with zero attached hydrogens (tertiary/aromatic N) is 1. The molecule has 0 spiro atoms. The normalized spacial score (nSPS) is 52.9. The molecule has 3 aliphatic rings. The number of rotatable bonds is 0. The smallest absolute Gasteiger partial charge is 0.0613 e. The van der Waals surface area contributed by atoms with E-state index in [0.29, 0.717) is 6.17 Å². The van der Waals surface area contributed by atoms with E-state index in [1.165, 1.54) is 25.9 Å². The van der Waals surface area contributed by atoms with Crippen LogP contribution in [0.2, 0.25) is 0 Å². The molecule has 2 heteroatoms. The fourth-order valence-electron chi connectivity index (χ4n) is 1.75. The summed E-state index contributed by atoms with van der Waals surface area (Å²) in [6, 6.07) is 0. The van der Waals surface area contributed by atoms with Crippen LogP contribution in [0.25, 0.3) is 0 Å². The van der Waals surface area contributed by atoms with E-state index in [2.05, 4.69) is 4.90 Å². The molecule has 3 fully saturated rings. The van der Waals surface area contributed by atoms with Crippen LogP contribution in [0.15, 0.2) is 0 Å². The van der Waals surface area contributed by atoms with Crippen molar-refractivity contribution in [2.24, 2.45) is 11.7 Å². The Morgan fingerprint density at radius 1 is 1.50 bits per heavy atom. The van der Waals surface area contributed by atoms with Gasteiger partial charge in [-0.25, -0.2) is 0 Å². The molecular weight excluding hydrogens is 100 g/mol.